The van der Waals surface area contributed by atoms with Gasteiger partial charge in [-0.15, -0.1) is 0 Å². The first-order valence-corrected chi connectivity index (χ1v) is 8.57. The minimum Gasteiger partial charge on any atom is -0.748 e. The van der Waals surface area contributed by atoms with E-state index in [1.807, 2.05) is 0 Å². The molecule has 0 radical (unpaired) electrons. The van der Waals surface area contributed by atoms with E-state index in [1.165, 1.54) is 17.2 Å². The monoisotopic (exact) mass is 313 g/mol. The lowest BCUT2D eigenvalue weighted by molar-refractivity contribution is 0.318. The van der Waals surface area contributed by atoms with Gasteiger partial charge >= 0.3 is 0 Å². The highest BCUT2D eigenvalue weighted by Gasteiger charge is 1.85. The molecule has 0 fully saturated rings. The molecule has 4 nitrogen and oxygen atoms in total. The quantitative estimate of drug-likeness (QED) is 0.756. The van der Waals surface area contributed by atoms with Crippen LogP contribution in [0.2, 0.25) is 0 Å². The molecule has 0 aliphatic rings. The molecule has 2 aromatic carbocycles. The third-order valence-corrected chi connectivity index (χ3v) is 1.66. The lowest BCUT2D eigenvalue weighted by Crippen LogP contribution is -1.88. The highest BCUT2D eigenvalue weighted by molar-refractivity contribution is 7.84. The Morgan fingerprint density at radius 2 is 1.05 bits per heavy atom. The first kappa shape index (κ1) is 21.9. The number of fused-ring (bicyclic) bond motifs is 1. The van der Waals surface area contributed by atoms with Gasteiger partial charge in [0.15, 0.2) is 0 Å². The minimum atomic E-state index is -3.92. The molecule has 21 heavy (non-hydrogen) atoms. The Morgan fingerprint density at radius 3 is 1.19 bits per heavy atom. The number of rotatable bonds is 0. The molecule has 0 amide bonds. The number of hydrogen-bond acceptors (Lipinski definition) is 4. The Bertz CT molecular complexity index is 490. The topological polar surface area (TPSA) is 77.4 Å². The molecule has 0 heterocycles. The molecule has 0 aliphatic heterocycles. The molecule has 2 aromatic rings. The van der Waals surface area contributed by atoms with Crippen molar-refractivity contribution >= 4 is 20.9 Å². The molecular formula is C16H25O4S-. The molecule has 0 spiro atoms. The number of hydrogen-bond donors (Lipinski definition) is 1. The van der Waals surface area contributed by atoms with E-state index in [-0.39, 0.29) is 6.61 Å². The smallest absolute Gasteiger partial charge is 0.0916 e. The van der Waals surface area contributed by atoms with Crippen LogP contribution in [0.5, 0.6) is 0 Å². The number of aliphatic hydroxyl groups is 1. The van der Waals surface area contributed by atoms with Crippen LogP contribution in [0.3, 0.4) is 0 Å². The van der Waals surface area contributed by atoms with Crippen molar-refractivity contribution in [2.45, 2.75) is 27.2 Å². The molecule has 0 aromatic heterocycles. The summed E-state index contributed by atoms with van der Waals surface area (Å²) in [6.07, 6.45) is 1.85. The fraction of sp³-hybridized carbons (Fsp3) is 0.375. The summed E-state index contributed by atoms with van der Waals surface area (Å²) in [6.45, 7) is 6.18. The SMILES string of the molecule is CCC.CCO.CS(=O)(=O)[O-].c1ccc2ccccc2c1. The molecule has 120 valence electrons. The van der Waals surface area contributed by atoms with E-state index >= 15 is 0 Å². The van der Waals surface area contributed by atoms with Crippen molar-refractivity contribution in [1.82, 2.24) is 0 Å². The summed E-state index contributed by atoms with van der Waals surface area (Å²) in [7, 11) is -3.92. The first-order chi connectivity index (χ1) is 9.79. The Kier molecular flexibility index (Phi) is 14.1. The van der Waals surface area contributed by atoms with Crippen molar-refractivity contribution in [3.8, 4) is 0 Å². The third-order valence-electron chi connectivity index (χ3n) is 1.66. The van der Waals surface area contributed by atoms with Gasteiger partial charge in [0, 0.05) is 12.9 Å². The number of benzene rings is 2. The molecule has 1 N–H and O–H groups in total. The summed E-state index contributed by atoms with van der Waals surface area (Å²) in [5, 5.41) is 10.2. The van der Waals surface area contributed by atoms with E-state index in [2.05, 4.69) is 62.4 Å². The zero-order chi connectivity index (χ0) is 16.7. The van der Waals surface area contributed by atoms with E-state index < -0.39 is 10.1 Å². The average Bonchev–Trinajstić information content (AvgIpc) is 2.39. The lowest BCUT2D eigenvalue weighted by Gasteiger charge is -1.92. The summed E-state index contributed by atoms with van der Waals surface area (Å²) >= 11 is 0. The molecule has 0 unspecified atom stereocenters. The van der Waals surface area contributed by atoms with Crippen LogP contribution in [0.1, 0.15) is 27.2 Å². The first-order valence-electron chi connectivity index (χ1n) is 6.75. The molecule has 5 heteroatoms. The summed E-state index contributed by atoms with van der Waals surface area (Å²) in [5.41, 5.74) is 0. The molecule has 0 atom stereocenters. The van der Waals surface area contributed by atoms with Gasteiger partial charge in [-0.05, 0) is 17.7 Å². The minimum absolute atomic E-state index is 0.250. The highest BCUT2D eigenvalue weighted by Crippen LogP contribution is 2.11. The van der Waals surface area contributed by atoms with Crippen molar-refractivity contribution in [2.24, 2.45) is 0 Å². The molecule has 2 rings (SSSR count). The van der Waals surface area contributed by atoms with Gasteiger partial charge in [0.25, 0.3) is 0 Å². The summed E-state index contributed by atoms with van der Waals surface area (Å²) in [6, 6.07) is 16.7. The van der Waals surface area contributed by atoms with E-state index in [0.29, 0.717) is 6.26 Å². The van der Waals surface area contributed by atoms with E-state index in [9.17, 15) is 0 Å². The Balaban J connectivity index is 0. The Morgan fingerprint density at radius 1 is 0.905 bits per heavy atom. The Labute approximate surface area is 128 Å². The molecule has 0 saturated carbocycles. The highest BCUT2D eigenvalue weighted by atomic mass is 32.2. The molecule has 0 bridgehead atoms. The maximum atomic E-state index is 9.08. The molecule has 0 aliphatic carbocycles. The molecular weight excluding hydrogens is 288 g/mol. The predicted molar refractivity (Wildman–Crippen MR) is 88.3 cm³/mol. The maximum absolute atomic E-state index is 9.08. The summed E-state index contributed by atoms with van der Waals surface area (Å²) in [4.78, 5) is 0. The van der Waals surface area contributed by atoms with Crippen LogP contribution in [0.25, 0.3) is 10.8 Å². The van der Waals surface area contributed by atoms with Crippen molar-refractivity contribution < 1.29 is 18.1 Å². The van der Waals surface area contributed by atoms with Gasteiger partial charge in [0.05, 0.1) is 10.1 Å². The van der Waals surface area contributed by atoms with Crippen molar-refractivity contribution in [2.75, 3.05) is 12.9 Å². The van der Waals surface area contributed by atoms with Crippen molar-refractivity contribution in [1.29, 1.82) is 0 Å². The number of aliphatic hydroxyl groups excluding tert-OH is 1. The largest absolute Gasteiger partial charge is 0.748 e. The van der Waals surface area contributed by atoms with Gasteiger partial charge in [0.1, 0.15) is 0 Å². The predicted octanol–water partition coefficient (Wildman–Crippen LogP) is 3.42. The van der Waals surface area contributed by atoms with E-state index in [1.54, 1.807) is 6.92 Å². The van der Waals surface area contributed by atoms with Gasteiger partial charge in [-0.1, -0.05) is 68.8 Å². The third kappa shape index (κ3) is 18.6. The van der Waals surface area contributed by atoms with Crippen LogP contribution < -0.4 is 0 Å². The van der Waals surface area contributed by atoms with Gasteiger partial charge in [-0.25, -0.2) is 8.42 Å². The van der Waals surface area contributed by atoms with E-state index in [0.717, 1.165) is 0 Å². The molecule has 0 saturated heterocycles. The zero-order valence-corrected chi connectivity index (χ0v) is 13.9. The van der Waals surface area contributed by atoms with Crippen LogP contribution in [-0.4, -0.2) is 30.9 Å². The summed E-state index contributed by atoms with van der Waals surface area (Å²) < 4.78 is 27.2. The van der Waals surface area contributed by atoms with Crippen LogP contribution in [-0.2, 0) is 10.1 Å². The van der Waals surface area contributed by atoms with Gasteiger partial charge < -0.3 is 9.66 Å². The second-order valence-electron chi connectivity index (χ2n) is 4.07. The fourth-order valence-corrected chi connectivity index (χ4v) is 1.13. The van der Waals surface area contributed by atoms with Gasteiger partial charge in [-0.3, -0.25) is 0 Å². The summed E-state index contributed by atoms with van der Waals surface area (Å²) in [5.74, 6) is 0. The second-order valence-corrected chi connectivity index (χ2v) is 5.48. The van der Waals surface area contributed by atoms with Crippen molar-refractivity contribution in [3.63, 3.8) is 0 Å². The Hall–Kier alpha value is -1.43. The van der Waals surface area contributed by atoms with Crippen LogP contribution >= 0.6 is 0 Å². The standard InChI is InChI=1S/C10H8.C3H8.C2H6O.CH4O3S/c1-2-6-10-8-4-3-7-9(10)5-1;1-3-2;1-2-3;1-5(2,3)4/h1-8H;3H2,1-2H3;3H,2H2,1H3;1H3,(H,2,3,4)/p-1. The lowest BCUT2D eigenvalue weighted by atomic mass is 10.1. The van der Waals surface area contributed by atoms with Gasteiger partial charge in [0.2, 0.25) is 0 Å². The van der Waals surface area contributed by atoms with Gasteiger partial charge in [-0.2, -0.15) is 0 Å². The fourth-order valence-electron chi connectivity index (χ4n) is 1.13. The van der Waals surface area contributed by atoms with Crippen LogP contribution in [0, 0.1) is 0 Å². The van der Waals surface area contributed by atoms with Crippen molar-refractivity contribution in [3.05, 3.63) is 48.5 Å². The van der Waals surface area contributed by atoms with Crippen LogP contribution in [0.4, 0.5) is 0 Å². The maximum Gasteiger partial charge on any atom is 0.0916 e. The van der Waals surface area contributed by atoms with Crippen LogP contribution in [0.15, 0.2) is 48.5 Å². The zero-order valence-electron chi connectivity index (χ0n) is 13.1. The average molecular weight is 313 g/mol. The normalized spacial score (nSPS) is 9.24. The second kappa shape index (κ2) is 13.5. The van der Waals surface area contributed by atoms with E-state index in [4.69, 9.17) is 18.1 Å².